The van der Waals surface area contributed by atoms with Crippen LogP contribution in [0.2, 0.25) is 0 Å². The number of hydrogen-bond donors (Lipinski definition) is 0. The maximum absolute atomic E-state index is 11.9. The number of halogens is 2. The molecule has 1 aliphatic rings. The third-order valence-electron chi connectivity index (χ3n) is 2.08. The predicted molar refractivity (Wildman–Crippen MR) is 39.5 cm³/mol. The standard InChI is InChI=1S/C8H10F2O3/c1-8(2)6(12)4(3-13-8)5(11)7(9)10/h4,7H,3H2,1-2H3. The molecule has 1 aliphatic heterocycles. The minimum atomic E-state index is -3.09. The van der Waals surface area contributed by atoms with Crippen LogP contribution in [-0.4, -0.2) is 30.2 Å². The van der Waals surface area contributed by atoms with Gasteiger partial charge in [-0.1, -0.05) is 0 Å². The Morgan fingerprint density at radius 3 is 2.46 bits per heavy atom. The van der Waals surface area contributed by atoms with Crippen molar-refractivity contribution >= 4 is 11.6 Å². The van der Waals surface area contributed by atoms with Crippen LogP contribution in [0.25, 0.3) is 0 Å². The lowest BCUT2D eigenvalue weighted by Crippen LogP contribution is -2.35. The Hall–Kier alpha value is -0.840. The van der Waals surface area contributed by atoms with Crippen molar-refractivity contribution in [3.63, 3.8) is 0 Å². The second kappa shape index (κ2) is 3.14. The fraction of sp³-hybridized carbons (Fsp3) is 0.750. The quantitative estimate of drug-likeness (QED) is 0.608. The number of carbonyl (C=O) groups is 2. The minimum Gasteiger partial charge on any atom is -0.367 e. The Morgan fingerprint density at radius 2 is 2.15 bits per heavy atom. The van der Waals surface area contributed by atoms with Crippen LogP contribution in [0.3, 0.4) is 0 Å². The topological polar surface area (TPSA) is 43.4 Å². The van der Waals surface area contributed by atoms with Crippen LogP contribution in [0, 0.1) is 5.92 Å². The van der Waals surface area contributed by atoms with Gasteiger partial charge in [0.05, 0.1) is 6.61 Å². The van der Waals surface area contributed by atoms with Gasteiger partial charge in [-0.15, -0.1) is 0 Å². The summed E-state index contributed by atoms with van der Waals surface area (Å²) in [5.74, 6) is -3.18. The number of alkyl halides is 2. The number of Topliss-reactive ketones (excluding diaryl/α,β-unsaturated/α-hetero) is 2. The fourth-order valence-electron chi connectivity index (χ4n) is 1.22. The predicted octanol–water partition coefficient (Wildman–Crippen LogP) is 0.815. The van der Waals surface area contributed by atoms with Crippen LogP contribution >= 0.6 is 0 Å². The van der Waals surface area contributed by atoms with E-state index in [1.54, 1.807) is 0 Å². The lowest BCUT2D eigenvalue weighted by Gasteiger charge is -2.13. The summed E-state index contributed by atoms with van der Waals surface area (Å²) in [6, 6.07) is 0. The molecule has 0 bridgehead atoms. The molecule has 3 nitrogen and oxygen atoms in total. The molecule has 1 saturated heterocycles. The number of hydrogen-bond acceptors (Lipinski definition) is 3. The summed E-state index contributed by atoms with van der Waals surface area (Å²) in [6.45, 7) is 2.71. The highest BCUT2D eigenvalue weighted by Gasteiger charge is 2.47. The molecule has 1 heterocycles. The van der Waals surface area contributed by atoms with Crippen LogP contribution in [0.1, 0.15) is 13.8 Å². The van der Waals surface area contributed by atoms with Crippen molar-refractivity contribution in [3.8, 4) is 0 Å². The number of rotatable bonds is 2. The van der Waals surface area contributed by atoms with Crippen LogP contribution in [0.15, 0.2) is 0 Å². The van der Waals surface area contributed by atoms with Crippen molar-refractivity contribution in [2.24, 2.45) is 5.92 Å². The zero-order valence-electron chi connectivity index (χ0n) is 7.34. The Bertz CT molecular complexity index is 248. The van der Waals surface area contributed by atoms with E-state index in [0.29, 0.717) is 0 Å². The van der Waals surface area contributed by atoms with E-state index in [1.807, 2.05) is 0 Å². The molecule has 5 heteroatoms. The highest BCUT2D eigenvalue weighted by molar-refractivity contribution is 6.08. The summed E-state index contributed by atoms with van der Waals surface area (Å²) in [6.07, 6.45) is -3.09. The van der Waals surface area contributed by atoms with Crippen LogP contribution in [0.5, 0.6) is 0 Å². The molecule has 0 amide bonds. The van der Waals surface area contributed by atoms with E-state index in [9.17, 15) is 18.4 Å². The van der Waals surface area contributed by atoms with E-state index in [4.69, 9.17) is 4.74 Å². The molecule has 0 N–H and O–H groups in total. The summed E-state index contributed by atoms with van der Waals surface area (Å²) in [5.41, 5.74) is -1.10. The summed E-state index contributed by atoms with van der Waals surface area (Å²) in [7, 11) is 0. The smallest absolute Gasteiger partial charge is 0.296 e. The monoisotopic (exact) mass is 192 g/mol. The molecular formula is C8H10F2O3. The molecule has 74 valence electrons. The van der Waals surface area contributed by atoms with Crippen molar-refractivity contribution in [1.29, 1.82) is 0 Å². The highest BCUT2D eigenvalue weighted by atomic mass is 19.3. The molecule has 0 spiro atoms. The van der Waals surface area contributed by atoms with Gasteiger partial charge in [-0.2, -0.15) is 0 Å². The lowest BCUT2D eigenvalue weighted by molar-refractivity contribution is -0.139. The molecule has 1 atom stereocenters. The van der Waals surface area contributed by atoms with E-state index in [2.05, 4.69) is 0 Å². The van der Waals surface area contributed by atoms with Crippen molar-refractivity contribution in [2.45, 2.75) is 25.9 Å². The average Bonchev–Trinajstić information content (AvgIpc) is 2.27. The second-order valence-corrected chi connectivity index (χ2v) is 3.44. The van der Waals surface area contributed by atoms with Crippen molar-refractivity contribution in [1.82, 2.24) is 0 Å². The molecule has 0 aromatic carbocycles. The van der Waals surface area contributed by atoms with E-state index < -0.39 is 29.5 Å². The second-order valence-electron chi connectivity index (χ2n) is 3.44. The van der Waals surface area contributed by atoms with E-state index in [0.717, 1.165) is 0 Å². The first-order chi connectivity index (χ1) is 5.86. The molecule has 0 aliphatic carbocycles. The van der Waals surface area contributed by atoms with E-state index in [1.165, 1.54) is 13.8 Å². The first-order valence-corrected chi connectivity index (χ1v) is 3.86. The van der Waals surface area contributed by atoms with Gasteiger partial charge in [-0.25, -0.2) is 8.78 Å². The largest absolute Gasteiger partial charge is 0.367 e. The Kier molecular flexibility index (Phi) is 2.47. The van der Waals surface area contributed by atoms with Gasteiger partial charge in [0, 0.05) is 0 Å². The number of carbonyl (C=O) groups excluding carboxylic acids is 2. The molecule has 0 aromatic heterocycles. The summed E-state index contributed by atoms with van der Waals surface area (Å²) >= 11 is 0. The van der Waals surface area contributed by atoms with Crippen LogP contribution < -0.4 is 0 Å². The van der Waals surface area contributed by atoms with Crippen LogP contribution in [0.4, 0.5) is 8.78 Å². The maximum atomic E-state index is 11.9. The van der Waals surface area contributed by atoms with Gasteiger partial charge in [0.15, 0.2) is 5.78 Å². The average molecular weight is 192 g/mol. The van der Waals surface area contributed by atoms with E-state index >= 15 is 0 Å². The first-order valence-electron chi connectivity index (χ1n) is 3.86. The lowest BCUT2D eigenvalue weighted by atomic mass is 9.93. The Morgan fingerprint density at radius 1 is 1.62 bits per heavy atom. The normalized spacial score (nSPS) is 26.8. The summed E-state index contributed by atoms with van der Waals surface area (Å²) in [5, 5.41) is 0. The zero-order chi connectivity index (χ0) is 10.2. The molecule has 1 rings (SSSR count). The van der Waals surface area contributed by atoms with Gasteiger partial charge in [0.1, 0.15) is 11.5 Å². The molecule has 0 saturated carbocycles. The van der Waals surface area contributed by atoms with Gasteiger partial charge in [0.2, 0.25) is 5.78 Å². The Balaban J connectivity index is 2.77. The van der Waals surface area contributed by atoms with Crippen molar-refractivity contribution < 1.29 is 23.1 Å². The molecule has 0 radical (unpaired) electrons. The SMILES string of the molecule is CC1(C)OCC(C(=O)C(F)F)C1=O. The van der Waals surface area contributed by atoms with Crippen molar-refractivity contribution in [3.05, 3.63) is 0 Å². The maximum Gasteiger partial charge on any atom is 0.296 e. The number of ether oxygens (including phenoxy) is 1. The van der Waals surface area contributed by atoms with Crippen LogP contribution in [-0.2, 0) is 14.3 Å². The molecular weight excluding hydrogens is 182 g/mol. The zero-order valence-corrected chi connectivity index (χ0v) is 7.34. The van der Waals surface area contributed by atoms with Gasteiger partial charge in [0.25, 0.3) is 6.43 Å². The summed E-state index contributed by atoms with van der Waals surface area (Å²) < 4.78 is 28.8. The van der Waals surface area contributed by atoms with Gasteiger partial charge >= 0.3 is 0 Å². The molecule has 1 unspecified atom stereocenters. The van der Waals surface area contributed by atoms with E-state index in [-0.39, 0.29) is 6.61 Å². The van der Waals surface area contributed by atoms with Gasteiger partial charge in [-0.3, -0.25) is 9.59 Å². The third-order valence-corrected chi connectivity index (χ3v) is 2.08. The molecule has 0 aromatic rings. The highest BCUT2D eigenvalue weighted by Crippen LogP contribution is 2.27. The minimum absolute atomic E-state index is 0.227. The van der Waals surface area contributed by atoms with Gasteiger partial charge < -0.3 is 4.74 Å². The Labute approximate surface area is 74.1 Å². The third kappa shape index (κ3) is 1.75. The van der Waals surface area contributed by atoms with Gasteiger partial charge in [-0.05, 0) is 13.8 Å². The molecule has 13 heavy (non-hydrogen) atoms. The fourth-order valence-corrected chi connectivity index (χ4v) is 1.22. The van der Waals surface area contributed by atoms with Crippen molar-refractivity contribution in [2.75, 3.05) is 6.61 Å². The molecule has 1 fully saturated rings. The number of ketones is 2. The summed E-state index contributed by atoms with van der Waals surface area (Å²) in [4.78, 5) is 22.1. The first kappa shape index (κ1) is 10.2.